The van der Waals surface area contributed by atoms with Gasteiger partial charge in [0.1, 0.15) is 16.4 Å². The number of anilines is 6. The Bertz CT molecular complexity index is 1280. The Labute approximate surface area is 209 Å². The number of thiazole rings is 1. The Kier molecular flexibility index (Phi) is 5.97. The van der Waals surface area contributed by atoms with E-state index in [1.54, 1.807) is 25.3 Å². The number of likely N-dealkylation sites (N-methyl/N-ethyl adjacent to an activating group) is 1. The first-order valence-corrected chi connectivity index (χ1v) is 12.3. The minimum absolute atomic E-state index is 0.170. The van der Waals surface area contributed by atoms with Crippen LogP contribution in [0, 0.1) is 13.8 Å². The molecule has 0 bridgehead atoms. The first-order chi connectivity index (χ1) is 16.8. The number of nitrogens with zero attached hydrogens (tertiary/aromatic N) is 7. The van der Waals surface area contributed by atoms with Gasteiger partial charge in [0.25, 0.3) is 5.91 Å². The Morgan fingerprint density at radius 1 is 1.00 bits per heavy atom. The minimum Gasteiger partial charge on any atom is -0.494 e. The number of hydrogen-bond acceptors (Lipinski definition) is 10. The summed E-state index contributed by atoms with van der Waals surface area (Å²) in [7, 11) is 7.44. The van der Waals surface area contributed by atoms with Crippen molar-refractivity contribution < 1.29 is 9.53 Å². The molecular formula is C24H30N8O2S. The second kappa shape index (κ2) is 8.97. The maximum Gasteiger partial charge on any atom is 0.279 e. The molecule has 4 heterocycles. The highest BCUT2D eigenvalue weighted by molar-refractivity contribution is 7.16. The zero-order valence-corrected chi connectivity index (χ0v) is 21.7. The van der Waals surface area contributed by atoms with Gasteiger partial charge in [0.2, 0.25) is 5.95 Å². The number of ether oxygens (including phenoxy) is 1. The van der Waals surface area contributed by atoms with Gasteiger partial charge < -0.3 is 29.7 Å². The van der Waals surface area contributed by atoms with E-state index < -0.39 is 0 Å². The summed E-state index contributed by atoms with van der Waals surface area (Å²) in [4.78, 5) is 34.9. The third kappa shape index (κ3) is 4.14. The zero-order valence-electron chi connectivity index (χ0n) is 20.9. The van der Waals surface area contributed by atoms with Crippen molar-refractivity contribution in [2.24, 2.45) is 0 Å². The highest BCUT2D eigenvalue weighted by atomic mass is 32.1. The van der Waals surface area contributed by atoms with E-state index in [-0.39, 0.29) is 5.91 Å². The number of nitrogens with one attached hydrogen (secondary N) is 1. The molecule has 0 aliphatic carbocycles. The van der Waals surface area contributed by atoms with Gasteiger partial charge >= 0.3 is 0 Å². The van der Waals surface area contributed by atoms with Gasteiger partial charge in [-0.05, 0) is 32.5 Å². The maximum absolute atomic E-state index is 13.0. The predicted octanol–water partition coefficient (Wildman–Crippen LogP) is 3.41. The molecule has 1 saturated heterocycles. The average molecular weight is 495 g/mol. The van der Waals surface area contributed by atoms with Crippen LogP contribution in [0.25, 0.3) is 0 Å². The summed E-state index contributed by atoms with van der Waals surface area (Å²) in [6.07, 6.45) is 1.67. The lowest BCUT2D eigenvalue weighted by molar-refractivity contribution is 0.0990. The smallest absolute Gasteiger partial charge is 0.279 e. The second-order valence-electron chi connectivity index (χ2n) is 8.97. The molecule has 0 unspecified atom stereocenters. The second-order valence-corrected chi connectivity index (χ2v) is 10.1. The summed E-state index contributed by atoms with van der Waals surface area (Å²) in [6.45, 7) is 8.05. The fourth-order valence-electron chi connectivity index (χ4n) is 4.51. The van der Waals surface area contributed by atoms with E-state index in [0.29, 0.717) is 23.1 Å². The van der Waals surface area contributed by atoms with Crippen molar-refractivity contribution in [3.63, 3.8) is 0 Å². The standard InChI is InChI=1S/C24H30N8O2S/c1-14-11-16(19(34-6)12-17(14)32-9-7-29(3)8-10-32)27-24-25-13-18-21(28-24)31(5)23-20(22(33)30(18)4)26-15(2)35-23/h11-13H,7-10H2,1-6H3,(H,25,27,28). The number of carbonyl (C=O) groups excluding carboxylic acids is 1. The molecule has 1 amide bonds. The van der Waals surface area contributed by atoms with Crippen molar-refractivity contribution in [2.75, 3.05) is 74.4 Å². The summed E-state index contributed by atoms with van der Waals surface area (Å²) in [5, 5.41) is 4.94. The quantitative estimate of drug-likeness (QED) is 0.586. The molecule has 2 aliphatic rings. The fourth-order valence-corrected chi connectivity index (χ4v) is 5.38. The summed E-state index contributed by atoms with van der Waals surface area (Å²) in [5.74, 6) is 1.61. The molecule has 0 radical (unpaired) electrons. The predicted molar refractivity (Wildman–Crippen MR) is 140 cm³/mol. The zero-order chi connectivity index (χ0) is 24.9. The molecule has 11 heteroatoms. The van der Waals surface area contributed by atoms with Crippen molar-refractivity contribution in [3.8, 4) is 5.75 Å². The molecule has 35 heavy (non-hydrogen) atoms. The number of methoxy groups -OCH3 is 1. The molecule has 0 spiro atoms. The Morgan fingerprint density at radius 3 is 2.46 bits per heavy atom. The summed E-state index contributed by atoms with van der Waals surface area (Å²) < 4.78 is 5.73. The van der Waals surface area contributed by atoms with Crippen LogP contribution < -0.4 is 24.8 Å². The maximum atomic E-state index is 13.0. The number of piperazine rings is 1. The van der Waals surface area contributed by atoms with E-state index in [2.05, 4.69) is 51.2 Å². The largest absolute Gasteiger partial charge is 0.494 e. The molecule has 2 aliphatic heterocycles. The number of aryl methyl sites for hydroxylation is 2. The lowest BCUT2D eigenvalue weighted by atomic mass is 10.1. The molecule has 0 saturated carbocycles. The van der Waals surface area contributed by atoms with Crippen molar-refractivity contribution in [1.82, 2.24) is 19.9 Å². The lowest BCUT2D eigenvalue weighted by Crippen LogP contribution is -2.44. The number of fused-ring (bicyclic) bond motifs is 2. The van der Waals surface area contributed by atoms with Crippen LogP contribution in [0.1, 0.15) is 21.1 Å². The van der Waals surface area contributed by atoms with Crippen LogP contribution in [0.5, 0.6) is 5.75 Å². The molecule has 3 aromatic rings. The van der Waals surface area contributed by atoms with Crippen molar-refractivity contribution in [2.45, 2.75) is 13.8 Å². The minimum atomic E-state index is -0.170. The molecule has 2 aromatic heterocycles. The van der Waals surface area contributed by atoms with E-state index in [9.17, 15) is 4.79 Å². The van der Waals surface area contributed by atoms with Gasteiger partial charge in [0, 0.05) is 52.0 Å². The Morgan fingerprint density at radius 2 is 1.74 bits per heavy atom. The van der Waals surface area contributed by atoms with Crippen LogP contribution in [-0.2, 0) is 0 Å². The first kappa shape index (κ1) is 23.3. The highest BCUT2D eigenvalue weighted by Gasteiger charge is 2.32. The molecule has 184 valence electrons. The molecule has 1 aromatic carbocycles. The Balaban J connectivity index is 1.48. The molecule has 1 N–H and O–H groups in total. The number of benzene rings is 1. The molecular weight excluding hydrogens is 464 g/mol. The number of rotatable bonds is 4. The third-order valence-electron chi connectivity index (χ3n) is 6.57. The van der Waals surface area contributed by atoms with Gasteiger partial charge in [-0.15, -0.1) is 11.3 Å². The van der Waals surface area contributed by atoms with E-state index in [4.69, 9.17) is 9.72 Å². The van der Waals surface area contributed by atoms with Crippen LogP contribution in [0.4, 0.5) is 33.8 Å². The first-order valence-electron chi connectivity index (χ1n) is 11.5. The van der Waals surface area contributed by atoms with E-state index in [1.807, 2.05) is 18.9 Å². The van der Waals surface area contributed by atoms with Gasteiger partial charge in [-0.1, -0.05) is 0 Å². The van der Waals surface area contributed by atoms with Gasteiger partial charge in [0.05, 0.1) is 24.0 Å². The number of carbonyl (C=O) groups is 1. The van der Waals surface area contributed by atoms with Crippen LogP contribution in [0.15, 0.2) is 18.3 Å². The molecule has 1 fully saturated rings. The fraction of sp³-hybridized carbons (Fsp3) is 0.417. The normalized spacial score (nSPS) is 16.2. The molecule has 0 atom stereocenters. The monoisotopic (exact) mass is 494 g/mol. The van der Waals surface area contributed by atoms with Crippen molar-refractivity contribution >= 4 is 51.1 Å². The number of amides is 1. The van der Waals surface area contributed by atoms with Crippen LogP contribution >= 0.6 is 11.3 Å². The number of hydrogen-bond donors (Lipinski definition) is 1. The number of aromatic nitrogens is 3. The Hall–Kier alpha value is -3.44. The third-order valence-corrected chi connectivity index (χ3v) is 7.61. The van der Waals surface area contributed by atoms with Gasteiger partial charge in [-0.2, -0.15) is 4.98 Å². The van der Waals surface area contributed by atoms with E-state index >= 15 is 0 Å². The summed E-state index contributed by atoms with van der Waals surface area (Å²) in [5.41, 5.74) is 4.18. The van der Waals surface area contributed by atoms with E-state index in [0.717, 1.165) is 53.2 Å². The van der Waals surface area contributed by atoms with Crippen molar-refractivity contribution in [3.05, 3.63) is 34.6 Å². The SMILES string of the molecule is COc1cc(N2CCN(C)CC2)c(C)cc1Nc1ncc2c(n1)N(C)c1sc(C)nc1C(=O)N2C. The summed E-state index contributed by atoms with van der Waals surface area (Å²) in [6, 6.07) is 4.16. The highest BCUT2D eigenvalue weighted by Crippen LogP contribution is 2.41. The van der Waals surface area contributed by atoms with Crippen molar-refractivity contribution in [1.29, 1.82) is 0 Å². The average Bonchev–Trinajstić information content (AvgIpc) is 3.22. The van der Waals surface area contributed by atoms with Gasteiger partial charge in [-0.3, -0.25) is 4.79 Å². The lowest BCUT2D eigenvalue weighted by Gasteiger charge is -2.35. The molecule has 10 nitrogen and oxygen atoms in total. The van der Waals surface area contributed by atoms with Gasteiger partial charge in [0.15, 0.2) is 11.5 Å². The topological polar surface area (TPSA) is 90.0 Å². The summed E-state index contributed by atoms with van der Waals surface area (Å²) >= 11 is 1.47. The van der Waals surface area contributed by atoms with Gasteiger partial charge in [-0.25, -0.2) is 9.97 Å². The van der Waals surface area contributed by atoms with Crippen LogP contribution in [0.2, 0.25) is 0 Å². The van der Waals surface area contributed by atoms with Crippen LogP contribution in [0.3, 0.4) is 0 Å². The molecule has 5 rings (SSSR count). The van der Waals surface area contributed by atoms with Crippen LogP contribution in [-0.4, -0.2) is 80.2 Å². The van der Waals surface area contributed by atoms with E-state index in [1.165, 1.54) is 17.0 Å².